The Hall–Kier alpha value is -4.32. The van der Waals surface area contributed by atoms with Gasteiger partial charge < -0.3 is 31.2 Å². The third-order valence-corrected chi connectivity index (χ3v) is 4.66. The van der Waals surface area contributed by atoms with Gasteiger partial charge in [0.25, 0.3) is 0 Å². The molecular weight excluding hydrogens is 372 g/mol. The van der Waals surface area contributed by atoms with Crippen molar-refractivity contribution < 1.29 is 0 Å². The lowest BCUT2D eigenvalue weighted by molar-refractivity contribution is 1.08. The quantitative estimate of drug-likeness (QED) is 0.262. The van der Waals surface area contributed by atoms with E-state index in [-0.39, 0.29) is 0 Å². The third kappa shape index (κ3) is 4.39. The largest absolute Gasteiger partial charge is 0.397 e. The van der Waals surface area contributed by atoms with E-state index in [0.29, 0.717) is 11.4 Å². The van der Waals surface area contributed by atoms with Gasteiger partial charge in [-0.3, -0.25) is 0 Å². The third-order valence-electron chi connectivity index (χ3n) is 4.66. The van der Waals surface area contributed by atoms with E-state index in [1.807, 2.05) is 119 Å². The van der Waals surface area contributed by atoms with E-state index in [0.717, 1.165) is 22.7 Å². The van der Waals surface area contributed by atoms with Crippen LogP contribution in [0.3, 0.4) is 0 Å². The van der Waals surface area contributed by atoms with E-state index in [2.05, 4.69) is 10.6 Å². The van der Waals surface area contributed by atoms with Gasteiger partial charge in [0.2, 0.25) is 0 Å². The van der Waals surface area contributed by atoms with Gasteiger partial charge in [-0.05, 0) is 72.8 Å². The van der Waals surface area contributed by atoms with E-state index in [9.17, 15) is 0 Å². The van der Waals surface area contributed by atoms with Crippen LogP contribution in [0.1, 0.15) is 0 Å². The summed E-state index contributed by atoms with van der Waals surface area (Å²) in [7, 11) is 0. The van der Waals surface area contributed by atoms with Crippen LogP contribution in [0.25, 0.3) is 11.4 Å². The number of hydrogen-bond acceptors (Lipinski definition) is 4. The highest BCUT2D eigenvalue weighted by molar-refractivity contribution is 5.71. The number of nitrogens with zero attached hydrogens (tertiary/aromatic N) is 2. The van der Waals surface area contributed by atoms with Gasteiger partial charge in [0, 0.05) is 48.6 Å². The maximum Gasteiger partial charge on any atom is 0.0614 e. The first-order valence-electron chi connectivity index (χ1n) is 9.61. The second kappa shape index (κ2) is 8.79. The molecule has 2 aromatic carbocycles. The maximum absolute atomic E-state index is 6.15. The molecule has 150 valence electrons. The molecule has 0 atom stereocenters. The first-order valence-corrected chi connectivity index (χ1v) is 9.61. The van der Waals surface area contributed by atoms with Gasteiger partial charge in [-0.1, -0.05) is 0 Å². The number of nitrogen functional groups attached to an aromatic ring is 2. The van der Waals surface area contributed by atoms with Gasteiger partial charge in [-0.2, -0.15) is 0 Å². The van der Waals surface area contributed by atoms with Crippen LogP contribution in [0.2, 0.25) is 0 Å². The summed E-state index contributed by atoms with van der Waals surface area (Å²) in [6.07, 6.45) is 15.4. The number of hydrogen-bond donors (Lipinski definition) is 4. The van der Waals surface area contributed by atoms with Crippen molar-refractivity contribution in [1.29, 1.82) is 0 Å². The summed E-state index contributed by atoms with van der Waals surface area (Å²) >= 11 is 0. The van der Waals surface area contributed by atoms with Crippen LogP contribution in [0, 0.1) is 0 Å². The minimum absolute atomic E-state index is 0.684. The van der Waals surface area contributed by atoms with E-state index in [1.54, 1.807) is 0 Å². The summed E-state index contributed by atoms with van der Waals surface area (Å²) in [6, 6.07) is 19.8. The molecule has 0 amide bonds. The molecule has 4 rings (SSSR count). The van der Waals surface area contributed by atoms with Gasteiger partial charge >= 0.3 is 0 Å². The van der Waals surface area contributed by atoms with Crippen LogP contribution < -0.4 is 22.1 Å². The van der Waals surface area contributed by atoms with Crippen LogP contribution in [-0.4, -0.2) is 9.13 Å². The molecule has 0 aliphatic carbocycles. The first-order chi connectivity index (χ1) is 14.7. The Morgan fingerprint density at radius 2 is 1.00 bits per heavy atom. The van der Waals surface area contributed by atoms with Crippen LogP contribution >= 0.6 is 0 Å². The summed E-state index contributed by atoms with van der Waals surface area (Å²) < 4.78 is 4.03. The molecule has 6 nitrogen and oxygen atoms in total. The Bertz CT molecular complexity index is 1060. The number of allylic oxidation sites excluding steroid dienone is 2. The van der Waals surface area contributed by atoms with Crippen molar-refractivity contribution >= 4 is 22.7 Å². The SMILES string of the molecule is Nc1cc(-n2cccc2)ccc1N/C=C/C=C/Nc1ccc(-n2cccc2)cc1N. The molecule has 6 heteroatoms. The van der Waals surface area contributed by atoms with Crippen molar-refractivity contribution in [2.75, 3.05) is 22.1 Å². The highest BCUT2D eigenvalue weighted by atomic mass is 15.0. The summed E-state index contributed by atoms with van der Waals surface area (Å²) in [5.41, 5.74) is 17.4. The molecule has 0 fully saturated rings. The number of nitrogens with two attached hydrogens (primary N) is 2. The monoisotopic (exact) mass is 396 g/mol. The Balaban J connectivity index is 1.32. The molecule has 2 heterocycles. The van der Waals surface area contributed by atoms with Crippen molar-refractivity contribution in [3.05, 3.63) is 110 Å². The summed E-state index contributed by atoms with van der Waals surface area (Å²) in [5, 5.41) is 6.39. The van der Waals surface area contributed by atoms with Gasteiger partial charge in [0.15, 0.2) is 0 Å². The van der Waals surface area contributed by atoms with Crippen molar-refractivity contribution in [3.63, 3.8) is 0 Å². The fourth-order valence-electron chi connectivity index (χ4n) is 3.08. The zero-order valence-electron chi connectivity index (χ0n) is 16.4. The van der Waals surface area contributed by atoms with Crippen molar-refractivity contribution in [3.8, 4) is 11.4 Å². The Labute approximate surface area is 175 Å². The number of nitrogens with one attached hydrogen (secondary N) is 2. The van der Waals surface area contributed by atoms with Crippen LogP contribution in [0.15, 0.2) is 110 Å². The fourth-order valence-corrected chi connectivity index (χ4v) is 3.08. The predicted molar refractivity (Wildman–Crippen MR) is 126 cm³/mol. The molecule has 0 unspecified atom stereocenters. The fraction of sp³-hybridized carbons (Fsp3) is 0. The molecule has 0 bridgehead atoms. The highest BCUT2D eigenvalue weighted by Gasteiger charge is 2.01. The highest BCUT2D eigenvalue weighted by Crippen LogP contribution is 2.23. The predicted octanol–water partition coefficient (Wildman–Crippen LogP) is 4.98. The molecule has 0 spiro atoms. The van der Waals surface area contributed by atoms with E-state index >= 15 is 0 Å². The molecule has 0 saturated heterocycles. The van der Waals surface area contributed by atoms with Gasteiger partial charge in [-0.25, -0.2) is 0 Å². The van der Waals surface area contributed by atoms with Crippen molar-refractivity contribution in [1.82, 2.24) is 9.13 Å². The zero-order chi connectivity index (χ0) is 20.8. The lowest BCUT2D eigenvalue weighted by Crippen LogP contribution is -1.98. The van der Waals surface area contributed by atoms with Crippen LogP contribution in [-0.2, 0) is 0 Å². The first kappa shape index (κ1) is 19.0. The molecule has 0 radical (unpaired) electrons. The molecular formula is C24H24N6. The van der Waals surface area contributed by atoms with E-state index in [1.165, 1.54) is 0 Å². The second-order valence-corrected chi connectivity index (χ2v) is 6.73. The number of anilines is 4. The summed E-state index contributed by atoms with van der Waals surface area (Å²) in [6.45, 7) is 0. The second-order valence-electron chi connectivity index (χ2n) is 6.73. The van der Waals surface area contributed by atoms with Gasteiger partial charge in [0.1, 0.15) is 0 Å². The molecule has 4 aromatic rings. The van der Waals surface area contributed by atoms with Crippen molar-refractivity contribution in [2.24, 2.45) is 0 Å². The average Bonchev–Trinajstić information content (AvgIpc) is 3.46. The average molecular weight is 396 g/mol. The van der Waals surface area contributed by atoms with Crippen LogP contribution in [0.5, 0.6) is 0 Å². The minimum Gasteiger partial charge on any atom is -0.397 e. The number of benzene rings is 2. The number of aromatic nitrogens is 2. The molecule has 2 aromatic heterocycles. The Kier molecular flexibility index (Phi) is 5.57. The zero-order valence-corrected chi connectivity index (χ0v) is 16.4. The summed E-state index contributed by atoms with van der Waals surface area (Å²) in [5.74, 6) is 0. The molecule has 0 aliphatic heterocycles. The lowest BCUT2D eigenvalue weighted by atomic mass is 10.2. The smallest absolute Gasteiger partial charge is 0.0614 e. The van der Waals surface area contributed by atoms with E-state index in [4.69, 9.17) is 11.5 Å². The van der Waals surface area contributed by atoms with Crippen LogP contribution in [0.4, 0.5) is 22.7 Å². The Morgan fingerprint density at radius 1 is 0.600 bits per heavy atom. The maximum atomic E-state index is 6.15. The van der Waals surface area contributed by atoms with Crippen molar-refractivity contribution in [2.45, 2.75) is 0 Å². The lowest BCUT2D eigenvalue weighted by Gasteiger charge is -2.09. The normalized spacial score (nSPS) is 11.3. The minimum atomic E-state index is 0.684. The molecule has 30 heavy (non-hydrogen) atoms. The standard InChI is InChI=1S/C24H24N6/c25-21-17-19(29-13-3-4-14-29)7-9-23(21)27-11-1-2-12-28-24-10-8-20(18-22(24)26)30-15-5-6-16-30/h1-18,27-28H,25-26H2/b11-1+,12-2+. The topological polar surface area (TPSA) is 86.0 Å². The molecule has 0 aliphatic rings. The van der Waals surface area contributed by atoms with E-state index < -0.39 is 0 Å². The molecule has 6 N–H and O–H groups in total. The molecule has 0 saturated carbocycles. The van der Waals surface area contributed by atoms with Gasteiger partial charge in [-0.15, -0.1) is 0 Å². The Morgan fingerprint density at radius 3 is 1.37 bits per heavy atom. The summed E-state index contributed by atoms with van der Waals surface area (Å²) in [4.78, 5) is 0. The number of rotatable bonds is 7. The van der Waals surface area contributed by atoms with Gasteiger partial charge in [0.05, 0.1) is 22.7 Å².